The van der Waals surface area contributed by atoms with Gasteiger partial charge in [0.15, 0.2) is 0 Å². The molecule has 0 saturated heterocycles. The highest BCUT2D eigenvalue weighted by Gasteiger charge is 2.31. The Hall–Kier alpha value is 0.0400. The van der Waals surface area contributed by atoms with Gasteiger partial charge in [-0.15, -0.1) is 11.6 Å². The predicted molar refractivity (Wildman–Crippen MR) is 43.9 cm³/mol. The van der Waals surface area contributed by atoms with Crippen LogP contribution in [-0.4, -0.2) is 24.3 Å². The summed E-state index contributed by atoms with van der Waals surface area (Å²) in [6.45, 7) is 0.00569. The molecule has 0 amide bonds. The van der Waals surface area contributed by atoms with Crippen molar-refractivity contribution in [1.82, 2.24) is 0 Å². The lowest BCUT2D eigenvalue weighted by molar-refractivity contribution is -0.138. The summed E-state index contributed by atoms with van der Waals surface area (Å²) in [6, 6.07) is 0. The molecule has 0 aliphatic heterocycles. The summed E-state index contributed by atoms with van der Waals surface area (Å²) in [7, 11) is 0. The van der Waals surface area contributed by atoms with E-state index in [0.717, 1.165) is 19.3 Å². The fraction of sp³-hybridized carbons (Fsp3) is 1.00. The molecule has 0 N–H and O–H groups in total. The van der Waals surface area contributed by atoms with Crippen molar-refractivity contribution in [3.8, 4) is 0 Å². The molecule has 1 saturated carbocycles. The maximum absolute atomic E-state index is 11.8. The second-order valence-corrected chi connectivity index (χ2v) is 3.92. The predicted octanol–water partition coefficient (Wildman–Crippen LogP) is 3.12. The summed E-state index contributed by atoms with van der Waals surface area (Å²) in [5.41, 5.74) is 0. The second kappa shape index (κ2) is 4.51. The topological polar surface area (TPSA) is 9.23 Å². The monoisotopic (exact) mass is 216 g/mol. The van der Waals surface area contributed by atoms with Gasteiger partial charge in [-0.1, -0.05) is 0 Å². The molecule has 0 bridgehead atoms. The molecule has 1 rings (SSSR count). The second-order valence-electron chi connectivity index (χ2n) is 3.30. The Balaban J connectivity index is 2.06. The largest absolute Gasteiger partial charge is 0.390 e. The molecule has 0 aromatic heterocycles. The smallest absolute Gasteiger partial charge is 0.377 e. The highest BCUT2D eigenvalue weighted by atomic mass is 35.5. The third-order valence-corrected chi connectivity index (χ3v) is 2.30. The van der Waals surface area contributed by atoms with Crippen molar-refractivity contribution < 1.29 is 17.9 Å². The molecule has 1 fully saturated rings. The Morgan fingerprint density at radius 2 is 2.00 bits per heavy atom. The first-order chi connectivity index (χ1) is 5.97. The van der Waals surface area contributed by atoms with E-state index in [-0.39, 0.29) is 12.7 Å². The van der Waals surface area contributed by atoms with Gasteiger partial charge in [-0.3, -0.25) is 0 Å². The molecule has 0 spiro atoms. The van der Waals surface area contributed by atoms with Crippen molar-refractivity contribution in [2.24, 2.45) is 0 Å². The van der Waals surface area contributed by atoms with Crippen LogP contribution in [0.15, 0.2) is 0 Å². The van der Waals surface area contributed by atoms with Crippen molar-refractivity contribution in [3.63, 3.8) is 0 Å². The van der Waals surface area contributed by atoms with Crippen LogP contribution in [-0.2, 0) is 4.74 Å². The normalized spacial score (nSPS) is 21.2. The van der Waals surface area contributed by atoms with Gasteiger partial charge in [-0.05, 0) is 19.3 Å². The molecule has 1 aliphatic rings. The van der Waals surface area contributed by atoms with Crippen LogP contribution in [0.1, 0.15) is 25.7 Å². The fourth-order valence-electron chi connectivity index (χ4n) is 1.09. The van der Waals surface area contributed by atoms with E-state index in [1.807, 2.05) is 0 Å². The molecule has 0 heterocycles. The quantitative estimate of drug-likeness (QED) is 0.656. The summed E-state index contributed by atoms with van der Waals surface area (Å²) >= 11 is 5.45. The van der Waals surface area contributed by atoms with Crippen molar-refractivity contribution in [2.45, 2.75) is 43.3 Å². The molecule has 1 nitrogen and oxygen atoms in total. The lowest BCUT2D eigenvalue weighted by atomic mass is 9.96. The van der Waals surface area contributed by atoms with Gasteiger partial charge in [0.25, 0.3) is 0 Å². The Kier molecular flexibility index (Phi) is 3.86. The van der Waals surface area contributed by atoms with Crippen LogP contribution in [0.4, 0.5) is 13.2 Å². The molecule has 1 unspecified atom stereocenters. The van der Waals surface area contributed by atoms with Crippen molar-refractivity contribution >= 4 is 11.6 Å². The third kappa shape index (κ3) is 4.72. The van der Waals surface area contributed by atoms with Crippen LogP contribution in [0.2, 0.25) is 0 Å². The van der Waals surface area contributed by atoms with E-state index in [4.69, 9.17) is 16.3 Å². The van der Waals surface area contributed by atoms with Gasteiger partial charge < -0.3 is 4.74 Å². The van der Waals surface area contributed by atoms with E-state index < -0.39 is 18.0 Å². The average Bonchev–Trinajstić information content (AvgIpc) is 1.78. The molecule has 1 aliphatic carbocycles. The zero-order valence-corrected chi connectivity index (χ0v) is 7.87. The van der Waals surface area contributed by atoms with E-state index >= 15 is 0 Å². The minimum atomic E-state index is -4.19. The van der Waals surface area contributed by atoms with E-state index in [0.29, 0.717) is 0 Å². The van der Waals surface area contributed by atoms with Gasteiger partial charge in [0.05, 0.1) is 24.5 Å². The molecule has 13 heavy (non-hydrogen) atoms. The first-order valence-corrected chi connectivity index (χ1v) is 4.73. The van der Waals surface area contributed by atoms with Crippen molar-refractivity contribution in [2.75, 3.05) is 6.61 Å². The first kappa shape index (κ1) is 11.1. The molecule has 78 valence electrons. The van der Waals surface area contributed by atoms with Gasteiger partial charge in [0, 0.05) is 0 Å². The molecule has 5 heteroatoms. The Morgan fingerprint density at radius 3 is 2.38 bits per heavy atom. The number of alkyl halides is 4. The number of ether oxygens (including phenoxy) is 1. The first-order valence-electron chi connectivity index (χ1n) is 4.30. The lowest BCUT2D eigenvalue weighted by Crippen LogP contribution is -2.27. The van der Waals surface area contributed by atoms with Crippen LogP contribution in [0.5, 0.6) is 0 Å². The Labute approximate surface area is 80.2 Å². The van der Waals surface area contributed by atoms with Crippen LogP contribution >= 0.6 is 11.6 Å². The zero-order chi connectivity index (χ0) is 9.90. The van der Waals surface area contributed by atoms with Crippen molar-refractivity contribution in [3.05, 3.63) is 0 Å². The average molecular weight is 217 g/mol. The van der Waals surface area contributed by atoms with Crippen LogP contribution in [0.3, 0.4) is 0 Å². The highest BCUT2D eigenvalue weighted by molar-refractivity contribution is 6.20. The lowest BCUT2D eigenvalue weighted by Gasteiger charge is -2.26. The van der Waals surface area contributed by atoms with Gasteiger partial charge in [-0.25, -0.2) is 0 Å². The standard InChI is InChI=1S/C8H12ClF3O/c9-6(4-8(10,11)12)5-13-7-2-1-3-7/h6-7H,1-5H2. The summed E-state index contributed by atoms with van der Waals surface area (Å²) in [5.74, 6) is 0. The van der Waals surface area contributed by atoms with E-state index in [1.165, 1.54) is 0 Å². The van der Waals surface area contributed by atoms with Gasteiger partial charge in [-0.2, -0.15) is 13.2 Å². The number of halogens is 4. The molecule has 0 radical (unpaired) electrons. The minimum Gasteiger partial charge on any atom is -0.377 e. The van der Waals surface area contributed by atoms with E-state index in [1.54, 1.807) is 0 Å². The molecule has 1 atom stereocenters. The third-order valence-electron chi connectivity index (χ3n) is 2.02. The number of hydrogen-bond donors (Lipinski definition) is 0. The molecule has 0 aromatic carbocycles. The summed E-state index contributed by atoms with van der Waals surface area (Å²) in [4.78, 5) is 0. The van der Waals surface area contributed by atoms with Gasteiger partial charge >= 0.3 is 6.18 Å². The molecule has 0 aromatic rings. The Morgan fingerprint density at radius 1 is 1.38 bits per heavy atom. The number of hydrogen-bond acceptors (Lipinski definition) is 1. The van der Waals surface area contributed by atoms with Gasteiger partial charge in [0.1, 0.15) is 0 Å². The fourth-order valence-corrected chi connectivity index (χ4v) is 1.34. The Bertz CT molecular complexity index is 156. The maximum Gasteiger partial charge on any atom is 0.390 e. The summed E-state index contributed by atoms with van der Waals surface area (Å²) < 4.78 is 40.5. The SMILES string of the molecule is FC(F)(F)CC(Cl)COC1CCC1. The van der Waals surface area contributed by atoms with Crippen molar-refractivity contribution in [1.29, 1.82) is 0 Å². The van der Waals surface area contributed by atoms with E-state index in [9.17, 15) is 13.2 Å². The highest BCUT2D eigenvalue weighted by Crippen LogP contribution is 2.26. The summed E-state index contributed by atoms with van der Waals surface area (Å²) in [6.07, 6.45) is -1.99. The van der Waals surface area contributed by atoms with Gasteiger partial charge in [0.2, 0.25) is 0 Å². The zero-order valence-electron chi connectivity index (χ0n) is 7.11. The molecular formula is C8H12ClF3O. The van der Waals surface area contributed by atoms with Crippen LogP contribution in [0.25, 0.3) is 0 Å². The van der Waals surface area contributed by atoms with Crippen LogP contribution < -0.4 is 0 Å². The maximum atomic E-state index is 11.8. The summed E-state index contributed by atoms with van der Waals surface area (Å²) in [5, 5.41) is -0.944. The van der Waals surface area contributed by atoms with Crippen LogP contribution in [0, 0.1) is 0 Å². The van der Waals surface area contributed by atoms with E-state index in [2.05, 4.69) is 0 Å². The molecular weight excluding hydrogens is 205 g/mol. The number of rotatable bonds is 4. The minimum absolute atomic E-state index is 0.00569.